The number of rotatable bonds is 4. The van der Waals surface area contributed by atoms with Gasteiger partial charge in [0.25, 0.3) is 0 Å². The van der Waals surface area contributed by atoms with Crippen molar-refractivity contribution < 1.29 is 18.3 Å². The number of nitrogens with zero attached hydrogens (tertiary/aromatic N) is 1. The van der Waals surface area contributed by atoms with Crippen molar-refractivity contribution in [3.63, 3.8) is 0 Å². The monoisotopic (exact) mass is 342 g/mol. The smallest absolute Gasteiger partial charge is 0.345 e. The Morgan fingerprint density at radius 2 is 1.84 bits per heavy atom. The topological polar surface area (TPSA) is 72.0 Å². The molecule has 3 rings (SSSR count). The van der Waals surface area contributed by atoms with Gasteiger partial charge in [0.15, 0.2) is 11.6 Å². The summed E-state index contributed by atoms with van der Waals surface area (Å²) < 4.78 is 31.8. The fourth-order valence-corrected chi connectivity index (χ4v) is 2.23. The van der Waals surface area contributed by atoms with E-state index >= 15 is 0 Å². The van der Waals surface area contributed by atoms with Crippen LogP contribution in [-0.4, -0.2) is 15.9 Å². The number of hydrogen-bond acceptors (Lipinski definition) is 4. The number of esters is 1. The summed E-state index contributed by atoms with van der Waals surface area (Å²) in [4.78, 5) is 29.7. The number of carbonyl (C=O) groups excluding carboxylic acids is 1. The van der Waals surface area contributed by atoms with E-state index in [-0.39, 0.29) is 23.4 Å². The third-order valence-corrected chi connectivity index (χ3v) is 3.45. The minimum absolute atomic E-state index is 0.0111. The van der Waals surface area contributed by atoms with Gasteiger partial charge in [0.05, 0.1) is 5.69 Å². The molecule has 0 fully saturated rings. The van der Waals surface area contributed by atoms with E-state index < -0.39 is 23.3 Å². The molecule has 0 spiro atoms. The third-order valence-electron chi connectivity index (χ3n) is 3.45. The van der Waals surface area contributed by atoms with Crippen LogP contribution < -0.4 is 5.69 Å². The largest absolute Gasteiger partial charge is 0.457 e. The van der Waals surface area contributed by atoms with Crippen molar-refractivity contribution in [2.45, 2.75) is 6.61 Å². The molecule has 0 aliphatic heterocycles. The predicted octanol–water partition coefficient (Wildman–Crippen LogP) is 3.07. The van der Waals surface area contributed by atoms with Crippen LogP contribution in [-0.2, 0) is 11.3 Å². The molecule has 1 N–H and O–H groups in total. The molecule has 0 amide bonds. The molecule has 3 aromatic rings. The first-order chi connectivity index (χ1) is 12.0. The molecule has 5 nitrogen and oxygen atoms in total. The molecule has 0 aliphatic rings. The molecule has 0 bridgehead atoms. The van der Waals surface area contributed by atoms with Gasteiger partial charge in [-0.25, -0.2) is 23.4 Å². The van der Waals surface area contributed by atoms with Gasteiger partial charge in [0, 0.05) is 11.8 Å². The average molecular weight is 342 g/mol. The molecule has 7 heteroatoms. The van der Waals surface area contributed by atoms with Crippen molar-refractivity contribution in [2.75, 3.05) is 0 Å². The number of hydrogen-bond donors (Lipinski definition) is 1. The molecule has 2 aromatic carbocycles. The SMILES string of the molecule is O=C(OCc1ccccc1)c1cnc(=O)[nH]c1-c1ccc(F)c(F)c1. The number of nitrogens with one attached hydrogen (secondary N) is 1. The standard InChI is InChI=1S/C18H12F2N2O3/c19-14-7-6-12(8-15(14)20)16-13(9-21-18(24)22-16)17(23)25-10-11-4-2-1-3-5-11/h1-9H,10H2,(H,21,22,24). The molecule has 0 unspecified atom stereocenters. The van der Waals surface area contributed by atoms with Crippen LogP contribution in [0.3, 0.4) is 0 Å². The van der Waals surface area contributed by atoms with Crippen LogP contribution in [0.1, 0.15) is 15.9 Å². The van der Waals surface area contributed by atoms with E-state index in [0.717, 1.165) is 23.9 Å². The zero-order valence-corrected chi connectivity index (χ0v) is 12.8. The Labute approximate surface area is 140 Å². The van der Waals surface area contributed by atoms with Gasteiger partial charge in [-0.1, -0.05) is 30.3 Å². The van der Waals surface area contributed by atoms with Crippen LogP contribution in [0, 0.1) is 11.6 Å². The molecule has 1 heterocycles. The van der Waals surface area contributed by atoms with Gasteiger partial charge in [-0.2, -0.15) is 0 Å². The van der Waals surface area contributed by atoms with Crippen molar-refractivity contribution in [3.05, 3.63) is 88.0 Å². The van der Waals surface area contributed by atoms with Crippen molar-refractivity contribution in [2.24, 2.45) is 0 Å². The zero-order valence-electron chi connectivity index (χ0n) is 12.8. The summed E-state index contributed by atoms with van der Waals surface area (Å²) in [5.74, 6) is -2.88. The Bertz CT molecular complexity index is 972. The van der Waals surface area contributed by atoms with Crippen molar-refractivity contribution >= 4 is 5.97 Å². The van der Waals surface area contributed by atoms with E-state index in [2.05, 4.69) is 9.97 Å². The second kappa shape index (κ2) is 7.04. The van der Waals surface area contributed by atoms with E-state index in [1.807, 2.05) is 6.07 Å². The minimum atomic E-state index is -1.10. The summed E-state index contributed by atoms with van der Waals surface area (Å²) in [6, 6.07) is 12.0. The van der Waals surface area contributed by atoms with Crippen molar-refractivity contribution in [1.29, 1.82) is 0 Å². The lowest BCUT2D eigenvalue weighted by Gasteiger charge is -2.09. The van der Waals surface area contributed by atoms with Gasteiger partial charge in [0.1, 0.15) is 12.2 Å². The number of benzene rings is 2. The summed E-state index contributed by atoms with van der Waals surface area (Å²) in [7, 11) is 0. The highest BCUT2D eigenvalue weighted by Crippen LogP contribution is 2.22. The van der Waals surface area contributed by atoms with Gasteiger partial charge in [0.2, 0.25) is 0 Å². The van der Waals surface area contributed by atoms with Crippen LogP contribution in [0.4, 0.5) is 8.78 Å². The summed E-state index contributed by atoms with van der Waals surface area (Å²) in [6.45, 7) is 0.0238. The van der Waals surface area contributed by atoms with E-state index in [4.69, 9.17) is 4.74 Å². The maximum Gasteiger partial charge on any atom is 0.345 e. The Kier molecular flexibility index (Phi) is 4.65. The van der Waals surface area contributed by atoms with Crippen LogP contribution >= 0.6 is 0 Å². The van der Waals surface area contributed by atoms with Crippen LogP contribution in [0.2, 0.25) is 0 Å². The molecule has 0 radical (unpaired) electrons. The van der Waals surface area contributed by atoms with E-state index in [1.54, 1.807) is 24.3 Å². The summed E-state index contributed by atoms with van der Waals surface area (Å²) >= 11 is 0. The average Bonchev–Trinajstić information content (AvgIpc) is 2.63. The van der Waals surface area contributed by atoms with E-state index in [9.17, 15) is 18.4 Å². The van der Waals surface area contributed by atoms with E-state index in [1.165, 1.54) is 6.07 Å². The molecule has 0 aliphatic carbocycles. The van der Waals surface area contributed by atoms with E-state index in [0.29, 0.717) is 0 Å². The van der Waals surface area contributed by atoms with Crippen LogP contribution in [0.15, 0.2) is 59.5 Å². The molecule has 1 aromatic heterocycles. The first-order valence-corrected chi connectivity index (χ1v) is 7.30. The highest BCUT2D eigenvalue weighted by molar-refractivity contribution is 5.95. The zero-order chi connectivity index (χ0) is 17.8. The van der Waals surface area contributed by atoms with Gasteiger partial charge >= 0.3 is 11.7 Å². The molecule has 126 valence electrons. The van der Waals surface area contributed by atoms with Gasteiger partial charge < -0.3 is 9.72 Å². The summed E-state index contributed by atoms with van der Waals surface area (Å²) in [5.41, 5.74) is 0.144. The second-order valence-electron chi connectivity index (χ2n) is 5.17. The lowest BCUT2D eigenvalue weighted by atomic mass is 10.1. The number of aromatic amines is 1. The van der Waals surface area contributed by atoms with Gasteiger partial charge in [-0.3, -0.25) is 0 Å². The van der Waals surface area contributed by atoms with Crippen molar-refractivity contribution in [1.82, 2.24) is 9.97 Å². The predicted molar refractivity (Wildman–Crippen MR) is 85.8 cm³/mol. The van der Waals surface area contributed by atoms with Crippen LogP contribution in [0.25, 0.3) is 11.3 Å². The fourth-order valence-electron chi connectivity index (χ4n) is 2.23. The molecule has 0 saturated heterocycles. The molecule has 0 atom stereocenters. The highest BCUT2D eigenvalue weighted by Gasteiger charge is 2.17. The molecule has 0 saturated carbocycles. The second-order valence-corrected chi connectivity index (χ2v) is 5.17. The normalized spacial score (nSPS) is 10.5. The Balaban J connectivity index is 1.92. The molecular formula is C18H12F2N2O3. The summed E-state index contributed by atoms with van der Waals surface area (Å²) in [6.07, 6.45) is 1.04. The quantitative estimate of drug-likeness (QED) is 0.740. The lowest BCUT2D eigenvalue weighted by Crippen LogP contribution is -2.16. The Morgan fingerprint density at radius 3 is 2.56 bits per heavy atom. The fraction of sp³-hybridized carbons (Fsp3) is 0.0556. The maximum atomic E-state index is 13.5. The first kappa shape index (κ1) is 16.5. The molecular weight excluding hydrogens is 330 g/mol. The number of H-pyrrole nitrogens is 1. The highest BCUT2D eigenvalue weighted by atomic mass is 19.2. The third kappa shape index (κ3) is 3.77. The lowest BCUT2D eigenvalue weighted by molar-refractivity contribution is 0.0472. The first-order valence-electron chi connectivity index (χ1n) is 7.30. The Morgan fingerprint density at radius 1 is 1.08 bits per heavy atom. The van der Waals surface area contributed by atoms with Crippen LogP contribution in [0.5, 0.6) is 0 Å². The molecule has 25 heavy (non-hydrogen) atoms. The number of carbonyl (C=O) groups is 1. The maximum absolute atomic E-state index is 13.5. The van der Waals surface area contributed by atoms with Gasteiger partial charge in [-0.15, -0.1) is 0 Å². The number of ether oxygens (including phenoxy) is 1. The minimum Gasteiger partial charge on any atom is -0.457 e. The number of halogens is 2. The Hall–Kier alpha value is -3.35. The van der Waals surface area contributed by atoms with Crippen molar-refractivity contribution in [3.8, 4) is 11.3 Å². The summed E-state index contributed by atoms with van der Waals surface area (Å²) in [5, 5.41) is 0. The van der Waals surface area contributed by atoms with Gasteiger partial charge in [-0.05, 0) is 23.8 Å². The number of aromatic nitrogens is 2.